The summed E-state index contributed by atoms with van der Waals surface area (Å²) in [5, 5.41) is 2.29. The molecule has 1 aromatic heterocycles. The maximum absolute atomic E-state index is 6.18. The Hall–Kier alpha value is -6.64. The Bertz CT molecular complexity index is 2880. The first-order valence-electron chi connectivity index (χ1n) is 19.7. The van der Waals surface area contributed by atoms with Gasteiger partial charge in [0.25, 0.3) is 0 Å². The lowest BCUT2D eigenvalue weighted by atomic mass is 9.73. The van der Waals surface area contributed by atoms with Gasteiger partial charge in [0.15, 0.2) is 0 Å². The van der Waals surface area contributed by atoms with Crippen LogP contribution in [0.25, 0.3) is 66.4 Å². The average Bonchev–Trinajstić information content (AvgIpc) is 3.81. The summed E-state index contributed by atoms with van der Waals surface area (Å²) in [5.41, 5.74) is 20.6. The summed E-state index contributed by atoms with van der Waals surface area (Å²) < 4.78 is 6.18. The average molecular weight is 720 g/mol. The SMILES string of the molecule is CC1(C)c2ccccc2-c2c(-c3ccc(-c4ccc5oc6ccccc6c5c4)cc3)c3c(c(N(c4ccccc4)c4ccccc4)c21)C(C)(C)c1ccccc1-3. The van der Waals surface area contributed by atoms with Gasteiger partial charge in [-0.05, 0) is 109 Å². The minimum absolute atomic E-state index is 0.277. The number of hydrogen-bond acceptors (Lipinski definition) is 2. The molecule has 0 unspecified atom stereocenters. The number of rotatable bonds is 5. The molecule has 0 spiro atoms. The van der Waals surface area contributed by atoms with E-state index in [2.05, 4.69) is 196 Å². The van der Waals surface area contributed by atoms with Gasteiger partial charge >= 0.3 is 0 Å². The molecule has 0 atom stereocenters. The fourth-order valence-corrected chi connectivity index (χ4v) is 10.1. The van der Waals surface area contributed by atoms with Crippen LogP contribution in [0, 0.1) is 0 Å². The Balaban J connectivity index is 1.23. The van der Waals surface area contributed by atoms with E-state index in [-0.39, 0.29) is 10.8 Å². The molecular formula is C54H41NO. The second kappa shape index (κ2) is 11.9. The maximum atomic E-state index is 6.18. The first-order chi connectivity index (χ1) is 27.3. The van der Waals surface area contributed by atoms with E-state index in [0.717, 1.165) is 33.3 Å². The molecule has 0 aliphatic heterocycles. The summed E-state index contributed by atoms with van der Waals surface area (Å²) in [6, 6.07) is 64.3. The lowest BCUT2D eigenvalue weighted by Crippen LogP contribution is -2.26. The van der Waals surface area contributed by atoms with Crippen LogP contribution in [-0.2, 0) is 10.8 Å². The Morgan fingerprint density at radius 3 is 1.45 bits per heavy atom. The van der Waals surface area contributed by atoms with E-state index in [4.69, 9.17) is 4.42 Å². The van der Waals surface area contributed by atoms with Crippen LogP contribution in [0.5, 0.6) is 0 Å². The number of hydrogen-bond donors (Lipinski definition) is 0. The summed E-state index contributed by atoms with van der Waals surface area (Å²) in [6.07, 6.45) is 0. The molecule has 0 fully saturated rings. The normalized spacial score (nSPS) is 14.4. The van der Waals surface area contributed by atoms with Gasteiger partial charge in [0.1, 0.15) is 11.2 Å². The van der Waals surface area contributed by atoms with Crippen molar-refractivity contribution in [3.63, 3.8) is 0 Å². The van der Waals surface area contributed by atoms with Crippen LogP contribution in [0.2, 0.25) is 0 Å². The van der Waals surface area contributed by atoms with Gasteiger partial charge in [-0.3, -0.25) is 0 Å². The number of furan rings is 1. The fraction of sp³-hybridized carbons (Fsp3) is 0.111. The van der Waals surface area contributed by atoms with E-state index >= 15 is 0 Å². The third kappa shape index (κ3) is 4.56. The molecule has 1 heterocycles. The minimum atomic E-state index is -0.277. The van der Waals surface area contributed by atoms with E-state index in [1.54, 1.807) is 0 Å². The van der Waals surface area contributed by atoms with Crippen molar-refractivity contribution in [2.45, 2.75) is 38.5 Å². The maximum Gasteiger partial charge on any atom is 0.135 e. The zero-order valence-corrected chi connectivity index (χ0v) is 32.1. The number of benzene rings is 8. The van der Waals surface area contributed by atoms with Crippen molar-refractivity contribution < 1.29 is 4.42 Å². The Morgan fingerprint density at radius 2 is 0.857 bits per heavy atom. The molecule has 2 aliphatic carbocycles. The molecule has 2 aliphatic rings. The van der Waals surface area contributed by atoms with E-state index in [9.17, 15) is 0 Å². The van der Waals surface area contributed by atoms with Crippen LogP contribution in [0.3, 0.4) is 0 Å². The molecule has 2 heteroatoms. The Labute approximate surface area is 328 Å². The molecule has 0 saturated heterocycles. The molecule has 8 aromatic carbocycles. The number of para-hydroxylation sites is 3. The quantitative estimate of drug-likeness (QED) is 0.176. The summed E-state index contributed by atoms with van der Waals surface area (Å²) >= 11 is 0. The molecule has 56 heavy (non-hydrogen) atoms. The summed E-state index contributed by atoms with van der Waals surface area (Å²) in [5.74, 6) is 0. The topological polar surface area (TPSA) is 16.4 Å². The summed E-state index contributed by atoms with van der Waals surface area (Å²) in [6.45, 7) is 9.72. The van der Waals surface area contributed by atoms with Crippen molar-refractivity contribution in [3.05, 3.63) is 198 Å². The molecule has 0 amide bonds. The third-order valence-corrected chi connectivity index (χ3v) is 12.6. The molecule has 0 saturated carbocycles. The first kappa shape index (κ1) is 32.8. The molecule has 9 aromatic rings. The predicted molar refractivity (Wildman–Crippen MR) is 234 cm³/mol. The van der Waals surface area contributed by atoms with Crippen molar-refractivity contribution in [1.82, 2.24) is 0 Å². The smallest absolute Gasteiger partial charge is 0.135 e. The molecule has 0 bridgehead atoms. The van der Waals surface area contributed by atoms with Crippen molar-refractivity contribution in [2.75, 3.05) is 4.90 Å². The number of anilines is 3. The lowest BCUT2D eigenvalue weighted by Gasteiger charge is -2.38. The molecule has 0 N–H and O–H groups in total. The largest absolute Gasteiger partial charge is 0.456 e. The molecule has 0 radical (unpaired) electrons. The minimum Gasteiger partial charge on any atom is -0.456 e. The van der Waals surface area contributed by atoms with E-state index in [1.807, 2.05) is 12.1 Å². The highest BCUT2D eigenvalue weighted by atomic mass is 16.3. The van der Waals surface area contributed by atoms with Gasteiger partial charge in [-0.15, -0.1) is 0 Å². The van der Waals surface area contributed by atoms with Crippen molar-refractivity contribution >= 4 is 39.0 Å². The third-order valence-electron chi connectivity index (χ3n) is 12.6. The van der Waals surface area contributed by atoms with Crippen molar-refractivity contribution in [2.24, 2.45) is 0 Å². The van der Waals surface area contributed by atoms with E-state index < -0.39 is 0 Å². The first-order valence-corrected chi connectivity index (χ1v) is 19.7. The van der Waals surface area contributed by atoms with E-state index in [1.165, 1.54) is 72.4 Å². The van der Waals surface area contributed by atoms with Gasteiger partial charge < -0.3 is 9.32 Å². The Kier molecular flexibility index (Phi) is 6.98. The summed E-state index contributed by atoms with van der Waals surface area (Å²) in [4.78, 5) is 2.54. The van der Waals surface area contributed by atoms with Gasteiger partial charge in [-0.2, -0.15) is 0 Å². The second-order valence-corrected chi connectivity index (χ2v) is 16.5. The van der Waals surface area contributed by atoms with E-state index in [0.29, 0.717) is 0 Å². The van der Waals surface area contributed by atoms with Crippen LogP contribution < -0.4 is 4.90 Å². The van der Waals surface area contributed by atoms with Crippen LogP contribution in [0.15, 0.2) is 180 Å². The van der Waals surface area contributed by atoms with Gasteiger partial charge in [0, 0.05) is 33.0 Å². The van der Waals surface area contributed by atoms with Crippen LogP contribution >= 0.6 is 0 Å². The number of fused-ring (bicyclic) bond motifs is 9. The number of nitrogens with zero attached hydrogens (tertiary/aromatic N) is 1. The standard InChI is InChI=1S/C54H41NO/c1-53(2)43-24-14-11-22-40(43)48-47(35-29-27-34(28-30-35)36-31-32-46-42(33-36)39-21-13-16-26-45(39)56-46)49-41-23-12-15-25-44(41)54(3,4)51(49)52(50(48)53)55(37-17-7-5-8-18-37)38-19-9-6-10-20-38/h5-33H,1-4H3. The Morgan fingerprint density at radius 1 is 0.393 bits per heavy atom. The predicted octanol–water partition coefficient (Wildman–Crippen LogP) is 15.0. The van der Waals surface area contributed by atoms with Crippen LogP contribution in [0.4, 0.5) is 17.1 Å². The van der Waals surface area contributed by atoms with Crippen molar-refractivity contribution in [3.8, 4) is 44.5 Å². The van der Waals surface area contributed by atoms with Crippen LogP contribution in [-0.4, -0.2) is 0 Å². The van der Waals surface area contributed by atoms with Crippen molar-refractivity contribution in [1.29, 1.82) is 0 Å². The molecule has 268 valence electrons. The van der Waals surface area contributed by atoms with Gasteiger partial charge in [-0.1, -0.05) is 161 Å². The zero-order chi connectivity index (χ0) is 37.8. The monoisotopic (exact) mass is 719 g/mol. The highest BCUT2D eigenvalue weighted by molar-refractivity contribution is 6.10. The zero-order valence-electron chi connectivity index (χ0n) is 32.1. The second-order valence-electron chi connectivity index (χ2n) is 16.5. The fourth-order valence-electron chi connectivity index (χ4n) is 10.1. The highest BCUT2D eigenvalue weighted by Gasteiger charge is 2.48. The highest BCUT2D eigenvalue weighted by Crippen LogP contribution is 2.66. The van der Waals surface area contributed by atoms with Gasteiger partial charge in [0.05, 0.1) is 5.69 Å². The van der Waals surface area contributed by atoms with Gasteiger partial charge in [-0.25, -0.2) is 0 Å². The van der Waals surface area contributed by atoms with Gasteiger partial charge in [0.2, 0.25) is 0 Å². The molecular weight excluding hydrogens is 679 g/mol. The van der Waals surface area contributed by atoms with Crippen LogP contribution in [0.1, 0.15) is 49.9 Å². The molecule has 2 nitrogen and oxygen atoms in total. The lowest BCUT2D eigenvalue weighted by molar-refractivity contribution is 0.640. The summed E-state index contributed by atoms with van der Waals surface area (Å²) in [7, 11) is 0. The molecule has 11 rings (SSSR count).